The van der Waals surface area contributed by atoms with Crippen LogP contribution in [0.4, 0.5) is 0 Å². The molecule has 2 aromatic heterocycles. The Morgan fingerprint density at radius 2 is 2.09 bits per heavy atom. The molecule has 0 saturated carbocycles. The summed E-state index contributed by atoms with van der Waals surface area (Å²) < 4.78 is 6.89. The van der Waals surface area contributed by atoms with Crippen molar-refractivity contribution in [3.8, 4) is 22.9 Å². The van der Waals surface area contributed by atoms with Crippen molar-refractivity contribution in [3.63, 3.8) is 0 Å². The van der Waals surface area contributed by atoms with Gasteiger partial charge in [0.1, 0.15) is 0 Å². The van der Waals surface area contributed by atoms with Gasteiger partial charge in [0.2, 0.25) is 4.77 Å². The molecule has 8 heteroatoms. The number of ether oxygens (including phenoxy) is 1. The SMILES string of the molecule is COc1cccc(/C=N\n2c(-c3ccncc3)n[nH]c2=S)c1O. The van der Waals surface area contributed by atoms with Crippen molar-refractivity contribution in [2.45, 2.75) is 0 Å². The number of nitrogens with one attached hydrogen (secondary N) is 1. The van der Waals surface area contributed by atoms with Gasteiger partial charge in [-0.2, -0.15) is 14.9 Å². The molecule has 0 amide bonds. The predicted molar refractivity (Wildman–Crippen MR) is 88.3 cm³/mol. The van der Waals surface area contributed by atoms with Crippen LogP contribution in [0.3, 0.4) is 0 Å². The number of hydrogen-bond acceptors (Lipinski definition) is 6. The van der Waals surface area contributed by atoms with E-state index in [4.69, 9.17) is 17.0 Å². The molecule has 2 heterocycles. The Morgan fingerprint density at radius 1 is 1.30 bits per heavy atom. The number of aromatic hydroxyl groups is 1. The van der Waals surface area contributed by atoms with Gasteiger partial charge >= 0.3 is 0 Å². The third kappa shape index (κ3) is 2.97. The molecule has 0 aliphatic carbocycles. The number of benzene rings is 1. The van der Waals surface area contributed by atoms with Crippen LogP contribution in [0.5, 0.6) is 11.5 Å². The minimum atomic E-state index is 0.0132. The fourth-order valence-corrected chi connectivity index (χ4v) is 2.19. The Labute approximate surface area is 136 Å². The van der Waals surface area contributed by atoms with Gasteiger partial charge in [0.15, 0.2) is 17.3 Å². The normalized spacial score (nSPS) is 11.0. The number of hydrogen-bond donors (Lipinski definition) is 2. The fraction of sp³-hybridized carbons (Fsp3) is 0.0667. The van der Waals surface area contributed by atoms with E-state index in [1.165, 1.54) is 18.0 Å². The highest BCUT2D eigenvalue weighted by Gasteiger charge is 2.09. The van der Waals surface area contributed by atoms with E-state index >= 15 is 0 Å². The van der Waals surface area contributed by atoms with Crippen LogP contribution in [0.2, 0.25) is 0 Å². The molecule has 3 rings (SSSR count). The summed E-state index contributed by atoms with van der Waals surface area (Å²) >= 11 is 5.20. The van der Waals surface area contributed by atoms with Gasteiger partial charge in [-0.15, -0.1) is 0 Å². The van der Waals surface area contributed by atoms with E-state index in [1.54, 1.807) is 42.7 Å². The summed E-state index contributed by atoms with van der Waals surface area (Å²) in [6, 6.07) is 8.76. The molecular formula is C15H13N5O2S. The second-order valence-electron chi connectivity index (χ2n) is 4.54. The van der Waals surface area contributed by atoms with E-state index in [2.05, 4.69) is 20.3 Å². The standard InChI is InChI=1S/C15H13N5O2S/c1-22-12-4-2-3-11(13(12)21)9-17-20-14(18-19-15(20)23)10-5-7-16-8-6-10/h2-9,21H,1H3,(H,19,23)/b17-9-. The summed E-state index contributed by atoms with van der Waals surface area (Å²) in [5, 5.41) is 21.3. The fourth-order valence-electron chi connectivity index (χ4n) is 2.01. The zero-order valence-corrected chi connectivity index (χ0v) is 13.0. The van der Waals surface area contributed by atoms with Crippen molar-refractivity contribution < 1.29 is 9.84 Å². The van der Waals surface area contributed by atoms with Gasteiger partial charge in [-0.25, -0.2) is 5.10 Å². The lowest BCUT2D eigenvalue weighted by atomic mass is 10.2. The number of pyridine rings is 1. The van der Waals surface area contributed by atoms with Crippen molar-refractivity contribution in [2.75, 3.05) is 7.11 Å². The zero-order chi connectivity index (χ0) is 16.2. The van der Waals surface area contributed by atoms with E-state index in [0.29, 0.717) is 21.9 Å². The van der Waals surface area contributed by atoms with Gasteiger partial charge in [-0.1, -0.05) is 6.07 Å². The van der Waals surface area contributed by atoms with Gasteiger partial charge in [0.05, 0.1) is 13.3 Å². The van der Waals surface area contributed by atoms with Crippen LogP contribution in [-0.2, 0) is 0 Å². The van der Waals surface area contributed by atoms with E-state index in [0.717, 1.165) is 5.56 Å². The molecule has 0 aliphatic rings. The molecule has 116 valence electrons. The molecule has 7 nitrogen and oxygen atoms in total. The Bertz CT molecular complexity index is 902. The molecule has 0 radical (unpaired) electrons. The van der Waals surface area contributed by atoms with Crippen molar-refractivity contribution in [3.05, 3.63) is 53.1 Å². The molecule has 0 unspecified atom stereocenters. The number of aromatic nitrogens is 4. The lowest BCUT2D eigenvalue weighted by Crippen LogP contribution is -1.96. The molecule has 3 aromatic rings. The molecule has 0 aliphatic heterocycles. The molecule has 0 fully saturated rings. The molecule has 0 saturated heterocycles. The Kier molecular flexibility index (Phi) is 4.15. The molecule has 0 atom stereocenters. The Balaban J connectivity index is 2.01. The summed E-state index contributed by atoms with van der Waals surface area (Å²) in [7, 11) is 1.49. The largest absolute Gasteiger partial charge is 0.504 e. The van der Waals surface area contributed by atoms with Crippen LogP contribution in [0, 0.1) is 4.77 Å². The van der Waals surface area contributed by atoms with E-state index in [1.807, 2.05) is 0 Å². The van der Waals surface area contributed by atoms with Crippen LogP contribution in [0.15, 0.2) is 47.8 Å². The first-order valence-electron chi connectivity index (χ1n) is 6.69. The van der Waals surface area contributed by atoms with E-state index in [-0.39, 0.29) is 5.75 Å². The average Bonchev–Trinajstić information content (AvgIpc) is 2.95. The van der Waals surface area contributed by atoms with Gasteiger partial charge in [0.25, 0.3) is 0 Å². The number of phenols is 1. The molecular weight excluding hydrogens is 314 g/mol. The number of methoxy groups -OCH3 is 1. The summed E-state index contributed by atoms with van der Waals surface area (Å²) in [5.41, 5.74) is 1.33. The third-order valence-electron chi connectivity index (χ3n) is 3.15. The molecule has 2 N–H and O–H groups in total. The second kappa shape index (κ2) is 6.41. The maximum absolute atomic E-state index is 10.1. The summed E-state index contributed by atoms with van der Waals surface area (Å²) in [6.45, 7) is 0. The first kappa shape index (κ1) is 14.9. The third-order valence-corrected chi connectivity index (χ3v) is 3.42. The van der Waals surface area contributed by atoms with Crippen molar-refractivity contribution in [1.82, 2.24) is 19.9 Å². The van der Waals surface area contributed by atoms with Crippen molar-refractivity contribution in [1.29, 1.82) is 0 Å². The van der Waals surface area contributed by atoms with Gasteiger partial charge < -0.3 is 9.84 Å². The number of aromatic amines is 1. The van der Waals surface area contributed by atoms with E-state index in [9.17, 15) is 5.11 Å². The Hall–Kier alpha value is -3.00. The highest BCUT2D eigenvalue weighted by atomic mass is 32.1. The lowest BCUT2D eigenvalue weighted by Gasteiger charge is -2.05. The monoisotopic (exact) mass is 327 g/mol. The number of nitrogens with zero attached hydrogens (tertiary/aromatic N) is 4. The minimum Gasteiger partial charge on any atom is -0.504 e. The Morgan fingerprint density at radius 3 is 2.83 bits per heavy atom. The topological polar surface area (TPSA) is 88.3 Å². The summed E-state index contributed by atoms with van der Waals surface area (Å²) in [5.74, 6) is 0.939. The van der Waals surface area contributed by atoms with Crippen LogP contribution < -0.4 is 4.74 Å². The van der Waals surface area contributed by atoms with Crippen LogP contribution in [0.1, 0.15) is 5.56 Å². The average molecular weight is 327 g/mol. The lowest BCUT2D eigenvalue weighted by molar-refractivity contribution is 0.373. The summed E-state index contributed by atoms with van der Waals surface area (Å²) in [4.78, 5) is 3.97. The first-order chi connectivity index (χ1) is 11.2. The molecule has 0 bridgehead atoms. The maximum Gasteiger partial charge on any atom is 0.216 e. The number of para-hydroxylation sites is 1. The summed E-state index contributed by atoms with van der Waals surface area (Å²) in [6.07, 6.45) is 4.82. The van der Waals surface area contributed by atoms with Gasteiger partial charge in [-0.05, 0) is 36.5 Å². The van der Waals surface area contributed by atoms with E-state index < -0.39 is 0 Å². The van der Waals surface area contributed by atoms with Crippen LogP contribution in [0.25, 0.3) is 11.4 Å². The highest BCUT2D eigenvalue weighted by Crippen LogP contribution is 2.28. The number of phenolic OH excluding ortho intramolecular Hbond substituents is 1. The quantitative estimate of drug-likeness (QED) is 0.568. The molecule has 1 aromatic carbocycles. The smallest absolute Gasteiger partial charge is 0.216 e. The first-order valence-corrected chi connectivity index (χ1v) is 7.09. The predicted octanol–water partition coefficient (Wildman–Crippen LogP) is 2.60. The number of rotatable bonds is 4. The van der Waals surface area contributed by atoms with Crippen LogP contribution >= 0.6 is 12.2 Å². The number of H-pyrrole nitrogens is 1. The van der Waals surface area contributed by atoms with Gasteiger partial charge in [0, 0.05) is 23.5 Å². The van der Waals surface area contributed by atoms with Crippen LogP contribution in [-0.4, -0.2) is 38.3 Å². The maximum atomic E-state index is 10.1. The zero-order valence-electron chi connectivity index (χ0n) is 12.2. The second-order valence-corrected chi connectivity index (χ2v) is 4.93. The highest BCUT2D eigenvalue weighted by molar-refractivity contribution is 7.71. The minimum absolute atomic E-state index is 0.0132. The molecule has 23 heavy (non-hydrogen) atoms. The van der Waals surface area contributed by atoms with Crippen molar-refractivity contribution >= 4 is 18.4 Å². The van der Waals surface area contributed by atoms with Gasteiger partial charge in [-0.3, -0.25) is 4.98 Å². The van der Waals surface area contributed by atoms with Crippen molar-refractivity contribution in [2.24, 2.45) is 5.10 Å². The molecule has 0 spiro atoms.